The van der Waals surface area contributed by atoms with Crippen molar-refractivity contribution < 1.29 is 4.79 Å². The lowest BCUT2D eigenvalue weighted by Gasteiger charge is -2.22. The molecule has 1 amide bonds. The van der Waals surface area contributed by atoms with Gasteiger partial charge in [0.2, 0.25) is 0 Å². The van der Waals surface area contributed by atoms with Crippen molar-refractivity contribution in [2.24, 2.45) is 0 Å². The third-order valence-corrected chi connectivity index (χ3v) is 2.90. The lowest BCUT2D eigenvalue weighted by atomic mass is 10.1. The van der Waals surface area contributed by atoms with E-state index >= 15 is 0 Å². The van der Waals surface area contributed by atoms with Gasteiger partial charge in [-0.25, -0.2) is 4.98 Å². The molecule has 0 radical (unpaired) electrons. The van der Waals surface area contributed by atoms with Crippen LogP contribution in [0.3, 0.4) is 0 Å². The second-order valence-electron chi connectivity index (χ2n) is 5.81. The zero-order chi connectivity index (χ0) is 13.2. The Morgan fingerprint density at radius 2 is 1.94 bits per heavy atom. The number of rotatable bonds is 2. The predicted molar refractivity (Wildman–Crippen MR) is 72.8 cm³/mol. The Morgan fingerprint density at radius 1 is 1.28 bits per heavy atom. The molecule has 0 unspecified atom stereocenters. The van der Waals surface area contributed by atoms with E-state index in [9.17, 15) is 4.79 Å². The molecule has 4 nitrogen and oxygen atoms in total. The maximum absolute atomic E-state index is 12.1. The van der Waals surface area contributed by atoms with Crippen molar-refractivity contribution in [1.29, 1.82) is 0 Å². The van der Waals surface area contributed by atoms with Gasteiger partial charge in [0.1, 0.15) is 5.69 Å². The molecule has 18 heavy (non-hydrogen) atoms. The fraction of sp³-hybridized carbons (Fsp3) is 0.571. The van der Waals surface area contributed by atoms with Gasteiger partial charge in [-0.1, -0.05) is 0 Å². The van der Waals surface area contributed by atoms with E-state index in [4.69, 9.17) is 0 Å². The van der Waals surface area contributed by atoms with Crippen LogP contribution in [0.4, 0.5) is 5.69 Å². The van der Waals surface area contributed by atoms with Crippen LogP contribution in [0.25, 0.3) is 0 Å². The molecule has 0 aromatic carbocycles. The SMILES string of the molecule is CC(C)(C)Nc1ccc(C(=O)N2CCCC2)nc1. The van der Waals surface area contributed by atoms with Crippen molar-refractivity contribution >= 4 is 11.6 Å². The Balaban J connectivity index is 2.05. The fourth-order valence-corrected chi connectivity index (χ4v) is 2.11. The monoisotopic (exact) mass is 247 g/mol. The smallest absolute Gasteiger partial charge is 0.272 e. The van der Waals surface area contributed by atoms with Crippen molar-refractivity contribution in [3.05, 3.63) is 24.0 Å². The molecule has 4 heteroatoms. The third kappa shape index (κ3) is 3.22. The second kappa shape index (κ2) is 4.96. The molecular weight excluding hydrogens is 226 g/mol. The molecule has 1 N–H and O–H groups in total. The molecule has 1 fully saturated rings. The van der Waals surface area contributed by atoms with Gasteiger partial charge in [0.05, 0.1) is 11.9 Å². The minimum Gasteiger partial charge on any atom is -0.379 e. The zero-order valence-electron chi connectivity index (χ0n) is 11.4. The van der Waals surface area contributed by atoms with Gasteiger partial charge < -0.3 is 10.2 Å². The highest BCUT2D eigenvalue weighted by Crippen LogP contribution is 2.16. The summed E-state index contributed by atoms with van der Waals surface area (Å²) in [7, 11) is 0. The van der Waals surface area contributed by atoms with E-state index in [-0.39, 0.29) is 11.4 Å². The van der Waals surface area contributed by atoms with Crippen LogP contribution in [0.2, 0.25) is 0 Å². The van der Waals surface area contributed by atoms with Crippen molar-refractivity contribution in [3.8, 4) is 0 Å². The number of pyridine rings is 1. The van der Waals surface area contributed by atoms with E-state index in [1.807, 2.05) is 11.0 Å². The summed E-state index contributed by atoms with van der Waals surface area (Å²) >= 11 is 0. The summed E-state index contributed by atoms with van der Waals surface area (Å²) in [6, 6.07) is 3.72. The van der Waals surface area contributed by atoms with Gasteiger partial charge >= 0.3 is 0 Å². The molecule has 0 saturated carbocycles. The van der Waals surface area contributed by atoms with Gasteiger partial charge in [-0.05, 0) is 45.7 Å². The van der Waals surface area contributed by atoms with Crippen molar-refractivity contribution in [1.82, 2.24) is 9.88 Å². The van der Waals surface area contributed by atoms with Crippen molar-refractivity contribution in [3.63, 3.8) is 0 Å². The summed E-state index contributed by atoms with van der Waals surface area (Å²) in [5.41, 5.74) is 1.49. The highest BCUT2D eigenvalue weighted by atomic mass is 16.2. The van der Waals surface area contributed by atoms with Gasteiger partial charge in [0.15, 0.2) is 0 Å². The first kappa shape index (κ1) is 12.9. The number of likely N-dealkylation sites (tertiary alicyclic amines) is 1. The molecule has 1 aromatic rings. The molecule has 0 atom stereocenters. The molecular formula is C14H21N3O. The summed E-state index contributed by atoms with van der Waals surface area (Å²) in [4.78, 5) is 18.2. The van der Waals surface area contributed by atoms with Crippen LogP contribution in [0, 0.1) is 0 Å². The number of amides is 1. The third-order valence-electron chi connectivity index (χ3n) is 2.90. The minimum atomic E-state index is 0.00214. The van der Waals surface area contributed by atoms with Gasteiger partial charge in [-0.2, -0.15) is 0 Å². The predicted octanol–water partition coefficient (Wildman–Crippen LogP) is 2.53. The normalized spacial score (nSPS) is 15.8. The van der Waals surface area contributed by atoms with Gasteiger partial charge in [-0.3, -0.25) is 4.79 Å². The maximum atomic E-state index is 12.1. The van der Waals surface area contributed by atoms with Crippen LogP contribution in [0.1, 0.15) is 44.1 Å². The van der Waals surface area contributed by atoms with E-state index in [2.05, 4.69) is 31.1 Å². The molecule has 2 rings (SSSR count). The first-order valence-electron chi connectivity index (χ1n) is 6.49. The molecule has 98 valence electrons. The Kier molecular flexibility index (Phi) is 3.55. The Morgan fingerprint density at radius 3 is 2.44 bits per heavy atom. The molecule has 0 aliphatic carbocycles. The Bertz CT molecular complexity index is 414. The molecule has 1 aromatic heterocycles. The quantitative estimate of drug-likeness (QED) is 0.873. The number of aromatic nitrogens is 1. The van der Waals surface area contributed by atoms with Crippen molar-refractivity contribution in [2.75, 3.05) is 18.4 Å². The highest BCUT2D eigenvalue weighted by Gasteiger charge is 2.20. The number of carbonyl (C=O) groups excluding carboxylic acids is 1. The van der Waals surface area contributed by atoms with E-state index in [1.54, 1.807) is 12.3 Å². The first-order chi connectivity index (χ1) is 8.46. The number of hydrogen-bond donors (Lipinski definition) is 1. The van der Waals surface area contributed by atoms with Gasteiger partial charge in [-0.15, -0.1) is 0 Å². The van der Waals surface area contributed by atoms with Gasteiger partial charge in [0, 0.05) is 18.6 Å². The van der Waals surface area contributed by atoms with E-state index in [0.29, 0.717) is 5.69 Å². The number of anilines is 1. The number of nitrogens with one attached hydrogen (secondary N) is 1. The van der Waals surface area contributed by atoms with E-state index in [0.717, 1.165) is 31.6 Å². The average Bonchev–Trinajstić information content (AvgIpc) is 2.80. The second-order valence-corrected chi connectivity index (χ2v) is 5.81. The van der Waals surface area contributed by atoms with E-state index in [1.165, 1.54) is 0 Å². The summed E-state index contributed by atoms with van der Waals surface area (Å²) in [6.45, 7) is 8.01. The average molecular weight is 247 g/mol. The van der Waals surface area contributed by atoms with Crippen molar-refractivity contribution in [2.45, 2.75) is 39.2 Å². The first-order valence-corrected chi connectivity index (χ1v) is 6.49. The molecule has 0 spiro atoms. The van der Waals surface area contributed by atoms with Gasteiger partial charge in [0.25, 0.3) is 5.91 Å². The highest BCUT2D eigenvalue weighted by molar-refractivity contribution is 5.92. The van der Waals surface area contributed by atoms with Crippen LogP contribution >= 0.6 is 0 Å². The standard InChI is InChI=1S/C14H21N3O/c1-14(2,3)16-11-6-7-12(15-10-11)13(18)17-8-4-5-9-17/h6-7,10,16H,4-5,8-9H2,1-3H3. The lowest BCUT2D eigenvalue weighted by Crippen LogP contribution is -2.29. The molecule has 1 aliphatic heterocycles. The van der Waals surface area contributed by atoms with Crippen LogP contribution in [-0.2, 0) is 0 Å². The largest absolute Gasteiger partial charge is 0.379 e. The topological polar surface area (TPSA) is 45.2 Å². The fourth-order valence-electron chi connectivity index (χ4n) is 2.11. The van der Waals surface area contributed by atoms with Crippen LogP contribution in [0.5, 0.6) is 0 Å². The number of carbonyl (C=O) groups is 1. The van der Waals surface area contributed by atoms with Crippen LogP contribution < -0.4 is 5.32 Å². The summed E-state index contributed by atoms with van der Waals surface area (Å²) in [6.07, 6.45) is 3.94. The van der Waals surface area contributed by atoms with Crippen LogP contribution in [0.15, 0.2) is 18.3 Å². The molecule has 0 bridgehead atoms. The van der Waals surface area contributed by atoms with E-state index < -0.39 is 0 Å². The Labute approximate surface area is 108 Å². The lowest BCUT2D eigenvalue weighted by molar-refractivity contribution is 0.0787. The zero-order valence-corrected chi connectivity index (χ0v) is 11.4. The number of hydrogen-bond acceptors (Lipinski definition) is 3. The summed E-state index contributed by atoms with van der Waals surface area (Å²) < 4.78 is 0. The minimum absolute atomic E-state index is 0.00214. The summed E-state index contributed by atoms with van der Waals surface area (Å²) in [5.74, 6) is 0.0507. The molecule has 1 aliphatic rings. The molecule has 1 saturated heterocycles. The molecule has 2 heterocycles. The Hall–Kier alpha value is -1.58. The van der Waals surface area contributed by atoms with Crippen LogP contribution in [-0.4, -0.2) is 34.4 Å². The summed E-state index contributed by atoms with van der Waals surface area (Å²) in [5, 5.41) is 3.33. The maximum Gasteiger partial charge on any atom is 0.272 e. The number of nitrogens with zero attached hydrogens (tertiary/aromatic N) is 2.